The molecule has 28 heavy (non-hydrogen) atoms. The Kier molecular flexibility index (Phi) is 5.05. The molecule has 1 fully saturated rings. The molecule has 1 atom stereocenters. The lowest BCUT2D eigenvalue weighted by Gasteiger charge is -2.39. The molecule has 1 saturated heterocycles. The van der Waals surface area contributed by atoms with Gasteiger partial charge in [-0.2, -0.15) is 0 Å². The topological polar surface area (TPSA) is 70.1 Å². The molecule has 6 heteroatoms. The number of carbonyl (C=O) groups excluding carboxylic acids is 1. The normalized spacial score (nSPS) is 17.7. The van der Waals surface area contributed by atoms with E-state index in [4.69, 9.17) is 4.74 Å². The number of nitrogens with zero attached hydrogens (tertiary/aromatic N) is 2. The Morgan fingerprint density at radius 3 is 2.39 bits per heavy atom. The van der Waals surface area contributed by atoms with Crippen LogP contribution in [-0.4, -0.2) is 54.5 Å². The van der Waals surface area contributed by atoms with Crippen molar-refractivity contribution in [2.75, 3.05) is 37.7 Å². The molecule has 0 saturated carbocycles. The van der Waals surface area contributed by atoms with Gasteiger partial charge in [-0.25, -0.2) is 0 Å². The van der Waals surface area contributed by atoms with Gasteiger partial charge in [0.2, 0.25) is 0 Å². The highest BCUT2D eigenvalue weighted by Gasteiger charge is 2.34. The molecular weight excluding hydrogens is 356 g/mol. The Hall–Kier alpha value is -2.86. The number of aliphatic carboxylic acids is 1. The summed E-state index contributed by atoms with van der Waals surface area (Å²) in [4.78, 5) is 27.8. The van der Waals surface area contributed by atoms with Crippen molar-refractivity contribution in [3.05, 3.63) is 59.2 Å². The molecular formula is C22H24N2O4. The molecule has 0 spiro atoms. The van der Waals surface area contributed by atoms with Gasteiger partial charge in [0.1, 0.15) is 11.8 Å². The van der Waals surface area contributed by atoms with E-state index in [1.54, 1.807) is 6.92 Å². The van der Waals surface area contributed by atoms with E-state index >= 15 is 0 Å². The summed E-state index contributed by atoms with van der Waals surface area (Å²) in [5.74, 6) is -0.0430. The maximum atomic E-state index is 12.1. The molecule has 2 aliphatic heterocycles. The molecule has 2 aliphatic rings. The van der Waals surface area contributed by atoms with Gasteiger partial charge in [0.15, 0.2) is 5.78 Å². The Morgan fingerprint density at radius 1 is 1.04 bits per heavy atom. The van der Waals surface area contributed by atoms with Crippen molar-refractivity contribution < 1.29 is 19.4 Å². The van der Waals surface area contributed by atoms with Crippen LogP contribution in [0, 0.1) is 0 Å². The van der Waals surface area contributed by atoms with Gasteiger partial charge in [0.25, 0.3) is 0 Å². The third-order valence-electron chi connectivity index (χ3n) is 5.59. The van der Waals surface area contributed by atoms with Crippen LogP contribution in [0.4, 0.5) is 5.69 Å². The standard InChI is InChI=1S/C22H24N2O4/c1-15(25)16-5-7-18(8-6-16)23-10-12-24(13-11-23)20(22(26)27)19-4-2-3-17-9-14-28-21(17)19/h2-8,20H,9-14H2,1H3,(H,26,27). The zero-order chi connectivity index (χ0) is 19.7. The summed E-state index contributed by atoms with van der Waals surface area (Å²) in [5, 5.41) is 9.93. The zero-order valence-corrected chi connectivity index (χ0v) is 15.9. The Balaban J connectivity index is 1.49. The molecule has 0 aliphatic carbocycles. The van der Waals surface area contributed by atoms with E-state index in [1.807, 2.05) is 47.4 Å². The first kappa shape index (κ1) is 18.5. The third kappa shape index (κ3) is 3.47. The molecule has 0 bridgehead atoms. The van der Waals surface area contributed by atoms with Crippen LogP contribution in [0.15, 0.2) is 42.5 Å². The van der Waals surface area contributed by atoms with Gasteiger partial charge in [0, 0.05) is 49.4 Å². The number of piperazine rings is 1. The number of rotatable bonds is 5. The lowest BCUT2D eigenvalue weighted by molar-refractivity contribution is -0.143. The molecule has 1 N–H and O–H groups in total. The van der Waals surface area contributed by atoms with Crippen LogP contribution in [0.2, 0.25) is 0 Å². The molecule has 4 rings (SSSR count). The lowest BCUT2D eigenvalue weighted by Crippen LogP contribution is -2.49. The molecule has 2 aromatic carbocycles. The molecule has 2 aromatic rings. The Morgan fingerprint density at radius 2 is 1.75 bits per heavy atom. The Bertz CT molecular complexity index is 886. The second kappa shape index (κ2) is 7.64. The minimum atomic E-state index is -0.844. The fraction of sp³-hybridized carbons (Fsp3) is 0.364. The second-order valence-corrected chi connectivity index (χ2v) is 7.30. The maximum absolute atomic E-state index is 12.1. The van der Waals surface area contributed by atoms with Crippen LogP contribution in [0.25, 0.3) is 0 Å². The van der Waals surface area contributed by atoms with Gasteiger partial charge in [-0.3, -0.25) is 14.5 Å². The van der Waals surface area contributed by atoms with E-state index < -0.39 is 12.0 Å². The molecule has 146 valence electrons. The van der Waals surface area contributed by atoms with Gasteiger partial charge in [-0.15, -0.1) is 0 Å². The minimum Gasteiger partial charge on any atom is -0.493 e. The van der Waals surface area contributed by atoms with Crippen molar-refractivity contribution in [1.29, 1.82) is 0 Å². The lowest BCUT2D eigenvalue weighted by atomic mass is 10.00. The van der Waals surface area contributed by atoms with Crippen molar-refractivity contribution in [2.45, 2.75) is 19.4 Å². The van der Waals surface area contributed by atoms with E-state index in [1.165, 1.54) is 0 Å². The van der Waals surface area contributed by atoms with Crippen LogP contribution in [0.1, 0.15) is 34.5 Å². The number of anilines is 1. The number of carboxylic acid groups (broad SMARTS) is 1. The average molecular weight is 380 g/mol. The molecule has 0 radical (unpaired) electrons. The molecule has 1 unspecified atom stereocenters. The molecule has 2 heterocycles. The van der Waals surface area contributed by atoms with Crippen LogP contribution in [0.3, 0.4) is 0 Å². The quantitative estimate of drug-likeness (QED) is 0.805. The number of ketones is 1. The van der Waals surface area contributed by atoms with Crippen molar-refractivity contribution >= 4 is 17.4 Å². The van der Waals surface area contributed by atoms with E-state index in [2.05, 4.69) is 4.90 Å². The highest BCUT2D eigenvalue weighted by molar-refractivity contribution is 5.94. The molecule has 0 amide bonds. The number of hydrogen-bond donors (Lipinski definition) is 1. The summed E-state index contributed by atoms with van der Waals surface area (Å²) in [6, 6.07) is 12.7. The predicted molar refractivity (Wildman–Crippen MR) is 106 cm³/mol. The first-order valence-electron chi connectivity index (χ1n) is 9.62. The number of carbonyl (C=O) groups is 2. The van der Waals surface area contributed by atoms with Crippen molar-refractivity contribution in [3.8, 4) is 5.75 Å². The largest absolute Gasteiger partial charge is 0.493 e. The summed E-state index contributed by atoms with van der Waals surface area (Å²) >= 11 is 0. The fourth-order valence-electron chi connectivity index (χ4n) is 4.09. The first-order chi connectivity index (χ1) is 13.5. The summed E-state index contributed by atoms with van der Waals surface area (Å²) in [5.41, 5.74) is 3.60. The second-order valence-electron chi connectivity index (χ2n) is 7.30. The summed E-state index contributed by atoms with van der Waals surface area (Å²) < 4.78 is 5.74. The summed E-state index contributed by atoms with van der Waals surface area (Å²) in [6.07, 6.45) is 0.833. The SMILES string of the molecule is CC(=O)c1ccc(N2CCN(C(C(=O)O)c3cccc4c3OCC4)CC2)cc1. The van der Waals surface area contributed by atoms with Crippen LogP contribution in [-0.2, 0) is 11.2 Å². The van der Waals surface area contributed by atoms with Gasteiger partial charge in [-0.1, -0.05) is 18.2 Å². The number of para-hydroxylation sites is 1. The number of carboxylic acids is 1. The van der Waals surface area contributed by atoms with Gasteiger partial charge >= 0.3 is 5.97 Å². The number of Topliss-reactive ketones (excluding diaryl/α,β-unsaturated/α-hetero) is 1. The summed E-state index contributed by atoms with van der Waals surface area (Å²) in [6.45, 7) is 4.94. The molecule has 6 nitrogen and oxygen atoms in total. The van der Waals surface area contributed by atoms with E-state index in [0.717, 1.165) is 42.1 Å². The van der Waals surface area contributed by atoms with E-state index in [0.29, 0.717) is 25.3 Å². The first-order valence-corrected chi connectivity index (χ1v) is 9.62. The van der Waals surface area contributed by atoms with E-state index in [-0.39, 0.29) is 5.78 Å². The highest BCUT2D eigenvalue weighted by atomic mass is 16.5. The Labute approximate surface area is 164 Å². The zero-order valence-electron chi connectivity index (χ0n) is 15.9. The third-order valence-corrected chi connectivity index (χ3v) is 5.59. The number of fused-ring (bicyclic) bond motifs is 1. The smallest absolute Gasteiger partial charge is 0.325 e. The number of ether oxygens (including phenoxy) is 1. The summed E-state index contributed by atoms with van der Waals surface area (Å²) in [7, 11) is 0. The molecule has 0 aromatic heterocycles. The minimum absolute atomic E-state index is 0.0540. The van der Waals surface area contributed by atoms with Crippen LogP contribution >= 0.6 is 0 Å². The monoisotopic (exact) mass is 380 g/mol. The highest BCUT2D eigenvalue weighted by Crippen LogP contribution is 2.36. The van der Waals surface area contributed by atoms with Gasteiger partial charge in [0.05, 0.1) is 6.61 Å². The van der Waals surface area contributed by atoms with Crippen LogP contribution < -0.4 is 9.64 Å². The van der Waals surface area contributed by atoms with Crippen molar-refractivity contribution in [1.82, 2.24) is 4.90 Å². The van der Waals surface area contributed by atoms with Crippen molar-refractivity contribution in [2.24, 2.45) is 0 Å². The van der Waals surface area contributed by atoms with Crippen molar-refractivity contribution in [3.63, 3.8) is 0 Å². The van der Waals surface area contributed by atoms with Gasteiger partial charge < -0.3 is 14.7 Å². The maximum Gasteiger partial charge on any atom is 0.325 e. The van der Waals surface area contributed by atoms with Crippen LogP contribution in [0.5, 0.6) is 5.75 Å². The van der Waals surface area contributed by atoms with Gasteiger partial charge in [-0.05, 0) is 36.8 Å². The predicted octanol–water partition coefficient (Wildman–Crippen LogP) is 2.77. The number of hydrogen-bond acceptors (Lipinski definition) is 5. The fourth-order valence-corrected chi connectivity index (χ4v) is 4.09. The average Bonchev–Trinajstić information content (AvgIpc) is 3.18. The number of benzene rings is 2. The van der Waals surface area contributed by atoms with E-state index in [9.17, 15) is 14.7 Å².